The van der Waals surface area contributed by atoms with Crippen LogP contribution in [-0.4, -0.2) is 28.6 Å². The zero-order chi connectivity index (χ0) is 17.0. The van der Waals surface area contributed by atoms with Gasteiger partial charge >= 0.3 is 5.97 Å². The molecule has 0 unspecified atom stereocenters. The third-order valence-electron chi connectivity index (χ3n) is 4.49. The lowest BCUT2D eigenvalue weighted by atomic mass is 10.00. The maximum absolute atomic E-state index is 12.2. The molecule has 0 bridgehead atoms. The molecular weight excluding hydrogens is 294 g/mol. The van der Waals surface area contributed by atoms with Gasteiger partial charge in [-0.05, 0) is 52.5 Å². The van der Waals surface area contributed by atoms with Crippen molar-refractivity contribution < 1.29 is 14.3 Å². The minimum atomic E-state index is -0.790. The second-order valence-corrected chi connectivity index (χ2v) is 6.05. The van der Waals surface area contributed by atoms with E-state index in [-0.39, 0.29) is 6.61 Å². The number of nitrogens with one attached hydrogen (secondary N) is 1. The highest BCUT2D eigenvalue weighted by atomic mass is 16.5. The van der Waals surface area contributed by atoms with Crippen LogP contribution in [0.1, 0.15) is 54.4 Å². The summed E-state index contributed by atoms with van der Waals surface area (Å²) in [6.07, 6.45) is 3.16. The molecule has 0 saturated heterocycles. The molecule has 1 amide bonds. The summed E-state index contributed by atoms with van der Waals surface area (Å²) in [7, 11) is 0. The summed E-state index contributed by atoms with van der Waals surface area (Å²) < 4.78 is 7.12. The van der Waals surface area contributed by atoms with Gasteiger partial charge in [-0.25, -0.2) is 4.79 Å². The van der Waals surface area contributed by atoms with Crippen molar-refractivity contribution in [3.05, 3.63) is 23.0 Å². The Morgan fingerprint density at radius 3 is 2.57 bits per heavy atom. The smallest absolute Gasteiger partial charge is 0.340 e. The number of carbonyl (C=O) groups excluding carboxylic acids is 2. The van der Waals surface area contributed by atoms with Gasteiger partial charge in [0.05, 0.1) is 11.6 Å². The van der Waals surface area contributed by atoms with E-state index in [9.17, 15) is 14.9 Å². The lowest BCUT2D eigenvalue weighted by Crippen LogP contribution is -2.46. The van der Waals surface area contributed by atoms with Crippen LogP contribution in [0.3, 0.4) is 0 Å². The first kappa shape index (κ1) is 17.1. The largest absolute Gasteiger partial charge is 0.452 e. The fourth-order valence-electron chi connectivity index (χ4n) is 3.25. The van der Waals surface area contributed by atoms with Crippen molar-refractivity contribution in [1.29, 1.82) is 5.26 Å². The normalized spacial score (nSPS) is 15.9. The third-order valence-corrected chi connectivity index (χ3v) is 4.49. The van der Waals surface area contributed by atoms with E-state index in [2.05, 4.69) is 11.4 Å². The van der Waals surface area contributed by atoms with Crippen LogP contribution in [0.25, 0.3) is 0 Å². The Hall–Kier alpha value is -2.29. The third kappa shape index (κ3) is 3.55. The van der Waals surface area contributed by atoms with Crippen LogP contribution in [-0.2, 0) is 16.1 Å². The number of ether oxygens (including phenoxy) is 1. The molecule has 0 radical (unpaired) electrons. The molecule has 1 aliphatic carbocycles. The van der Waals surface area contributed by atoms with Gasteiger partial charge in [0.1, 0.15) is 5.54 Å². The minimum absolute atomic E-state index is 0.363. The van der Waals surface area contributed by atoms with Gasteiger partial charge in [-0.1, -0.05) is 0 Å². The molecule has 1 aromatic rings. The fraction of sp³-hybridized carbons (Fsp3) is 0.588. The summed E-state index contributed by atoms with van der Waals surface area (Å²) in [4.78, 5) is 24.1. The number of rotatable bonds is 5. The second-order valence-electron chi connectivity index (χ2n) is 6.05. The van der Waals surface area contributed by atoms with Crippen LogP contribution in [0.2, 0.25) is 0 Å². The van der Waals surface area contributed by atoms with Gasteiger partial charge in [-0.3, -0.25) is 4.79 Å². The van der Waals surface area contributed by atoms with E-state index in [0.717, 1.165) is 30.8 Å². The van der Waals surface area contributed by atoms with Gasteiger partial charge < -0.3 is 14.6 Å². The molecule has 0 spiro atoms. The molecule has 1 saturated carbocycles. The first-order chi connectivity index (χ1) is 10.9. The first-order valence-corrected chi connectivity index (χ1v) is 7.98. The number of nitriles is 1. The standard InChI is InChI=1S/C17H23N3O3/c1-4-20-12(2)9-14(13(20)3)16(22)23-10-15(21)19-17(11-18)7-5-6-8-17/h9H,4-8,10H2,1-3H3,(H,19,21). The van der Waals surface area contributed by atoms with E-state index in [1.54, 1.807) is 6.07 Å². The van der Waals surface area contributed by atoms with Crippen LogP contribution in [0.15, 0.2) is 6.07 Å². The van der Waals surface area contributed by atoms with Crippen LogP contribution >= 0.6 is 0 Å². The van der Waals surface area contributed by atoms with Crippen molar-refractivity contribution in [2.24, 2.45) is 0 Å². The molecule has 124 valence electrons. The van der Waals surface area contributed by atoms with Crippen LogP contribution in [0, 0.1) is 25.2 Å². The molecule has 1 fully saturated rings. The number of esters is 1. The summed E-state index contributed by atoms with van der Waals surface area (Å²) in [5.41, 5.74) is 1.50. The molecule has 1 aliphatic rings. The molecule has 0 atom stereocenters. The Kier molecular flexibility index (Phi) is 5.09. The number of hydrogen-bond donors (Lipinski definition) is 1. The van der Waals surface area contributed by atoms with Gasteiger partial charge in [-0.15, -0.1) is 0 Å². The Morgan fingerprint density at radius 2 is 2.04 bits per heavy atom. The van der Waals surface area contributed by atoms with Gasteiger partial charge in [-0.2, -0.15) is 5.26 Å². The van der Waals surface area contributed by atoms with Crippen molar-refractivity contribution in [2.75, 3.05) is 6.61 Å². The summed E-state index contributed by atoms with van der Waals surface area (Å²) in [6.45, 7) is 6.20. The summed E-state index contributed by atoms with van der Waals surface area (Å²) in [5.74, 6) is -0.934. The topological polar surface area (TPSA) is 84.1 Å². The highest BCUT2D eigenvalue weighted by Gasteiger charge is 2.35. The van der Waals surface area contributed by atoms with Gasteiger partial charge in [0.15, 0.2) is 6.61 Å². The number of aromatic nitrogens is 1. The lowest BCUT2D eigenvalue weighted by Gasteiger charge is -2.21. The van der Waals surface area contributed by atoms with Crippen LogP contribution < -0.4 is 5.32 Å². The SMILES string of the molecule is CCn1c(C)cc(C(=O)OCC(=O)NC2(C#N)CCCC2)c1C. The molecule has 1 aromatic heterocycles. The average molecular weight is 317 g/mol. The summed E-state index contributed by atoms with van der Waals surface area (Å²) in [6, 6.07) is 3.95. The van der Waals surface area contributed by atoms with E-state index >= 15 is 0 Å². The molecule has 0 aliphatic heterocycles. The number of amides is 1. The Balaban J connectivity index is 1.94. The second kappa shape index (κ2) is 6.86. The van der Waals surface area contributed by atoms with Gasteiger partial charge in [0.25, 0.3) is 5.91 Å². The van der Waals surface area contributed by atoms with Crippen LogP contribution in [0.4, 0.5) is 0 Å². The predicted octanol–water partition coefficient (Wildman–Crippen LogP) is 2.23. The first-order valence-electron chi connectivity index (χ1n) is 7.98. The Labute approximate surface area is 136 Å². The van der Waals surface area contributed by atoms with Crippen molar-refractivity contribution in [3.8, 4) is 6.07 Å². The maximum Gasteiger partial charge on any atom is 0.340 e. The highest BCUT2D eigenvalue weighted by molar-refractivity contribution is 5.92. The van der Waals surface area contributed by atoms with Gasteiger partial charge in [0.2, 0.25) is 0 Å². The van der Waals surface area contributed by atoms with Crippen molar-refractivity contribution in [3.63, 3.8) is 0 Å². The molecule has 1 heterocycles. The van der Waals surface area contributed by atoms with E-state index in [0.29, 0.717) is 18.4 Å². The van der Waals surface area contributed by atoms with Gasteiger partial charge in [0, 0.05) is 17.9 Å². The average Bonchev–Trinajstić information content (AvgIpc) is 3.10. The highest BCUT2D eigenvalue weighted by Crippen LogP contribution is 2.28. The minimum Gasteiger partial charge on any atom is -0.452 e. The molecule has 6 heteroatoms. The van der Waals surface area contributed by atoms with E-state index in [1.807, 2.05) is 25.3 Å². The quantitative estimate of drug-likeness (QED) is 0.844. The number of hydrogen-bond acceptors (Lipinski definition) is 4. The monoisotopic (exact) mass is 317 g/mol. The maximum atomic E-state index is 12.2. The van der Waals surface area contributed by atoms with E-state index in [1.165, 1.54) is 0 Å². The molecular formula is C17H23N3O3. The number of aryl methyl sites for hydroxylation is 1. The Bertz CT molecular complexity index is 649. The summed E-state index contributed by atoms with van der Waals surface area (Å²) in [5, 5.41) is 12.0. The van der Waals surface area contributed by atoms with Crippen molar-refractivity contribution >= 4 is 11.9 Å². The molecule has 1 N–H and O–H groups in total. The zero-order valence-corrected chi connectivity index (χ0v) is 13.9. The zero-order valence-electron chi connectivity index (χ0n) is 13.9. The fourth-order valence-corrected chi connectivity index (χ4v) is 3.25. The molecule has 2 rings (SSSR count). The van der Waals surface area contributed by atoms with E-state index in [4.69, 9.17) is 4.74 Å². The van der Waals surface area contributed by atoms with Crippen LogP contribution in [0.5, 0.6) is 0 Å². The van der Waals surface area contributed by atoms with Crippen molar-refractivity contribution in [1.82, 2.24) is 9.88 Å². The molecule has 23 heavy (non-hydrogen) atoms. The lowest BCUT2D eigenvalue weighted by molar-refractivity contribution is -0.125. The number of carbonyl (C=O) groups is 2. The Morgan fingerprint density at radius 1 is 1.39 bits per heavy atom. The van der Waals surface area contributed by atoms with Crippen molar-refractivity contribution in [2.45, 2.75) is 58.5 Å². The molecule has 0 aromatic carbocycles. The van der Waals surface area contributed by atoms with E-state index < -0.39 is 17.4 Å². The number of nitrogens with zero attached hydrogens (tertiary/aromatic N) is 2. The molecule has 6 nitrogen and oxygen atoms in total. The predicted molar refractivity (Wildman–Crippen MR) is 84.8 cm³/mol. The summed E-state index contributed by atoms with van der Waals surface area (Å²) >= 11 is 0.